The van der Waals surface area contributed by atoms with Crippen molar-refractivity contribution in [1.82, 2.24) is 15.1 Å². The van der Waals surface area contributed by atoms with Crippen molar-refractivity contribution < 1.29 is 4.79 Å². The monoisotopic (exact) mass is 347 g/mol. The highest BCUT2D eigenvalue weighted by Gasteiger charge is 2.28. The molecule has 0 bridgehead atoms. The maximum atomic E-state index is 12.8. The van der Waals surface area contributed by atoms with Crippen molar-refractivity contribution in [1.29, 1.82) is 0 Å². The van der Waals surface area contributed by atoms with Crippen LogP contribution in [0.2, 0.25) is 0 Å². The molecule has 4 nitrogen and oxygen atoms in total. The van der Waals surface area contributed by atoms with Gasteiger partial charge >= 0.3 is 0 Å². The number of rotatable bonds is 4. The van der Waals surface area contributed by atoms with E-state index in [0.29, 0.717) is 5.69 Å². The number of benzene rings is 1. The molecule has 2 heterocycles. The van der Waals surface area contributed by atoms with Crippen molar-refractivity contribution in [3.05, 3.63) is 51.8 Å². The number of nitrogens with one attached hydrogen (secondary N) is 1. The van der Waals surface area contributed by atoms with Gasteiger partial charge in [-0.2, -0.15) is 5.10 Å². The third-order valence-corrected chi connectivity index (χ3v) is 4.44. The lowest BCUT2D eigenvalue weighted by Crippen LogP contribution is -2.42. The van der Waals surface area contributed by atoms with E-state index in [9.17, 15) is 4.79 Å². The van der Waals surface area contributed by atoms with Crippen LogP contribution in [0.25, 0.3) is 0 Å². The van der Waals surface area contributed by atoms with E-state index in [-0.39, 0.29) is 11.8 Å². The average molecular weight is 348 g/mol. The number of fused-ring (bicyclic) bond motifs is 1. The van der Waals surface area contributed by atoms with Crippen molar-refractivity contribution in [2.45, 2.75) is 38.9 Å². The highest BCUT2D eigenvalue weighted by Crippen LogP contribution is 2.22. The number of hydrogen-bond acceptors (Lipinski definition) is 3. The van der Waals surface area contributed by atoms with Crippen molar-refractivity contribution in [3.63, 3.8) is 0 Å². The van der Waals surface area contributed by atoms with Gasteiger partial charge < -0.3 is 5.32 Å². The van der Waals surface area contributed by atoms with Gasteiger partial charge in [0, 0.05) is 13.1 Å². The SMILES string of the molecule is CCCn1ncc(Br)c1C(=O)C1Cc2ccccc2CN1. The fraction of sp³-hybridized carbons (Fsp3) is 0.375. The predicted octanol–water partition coefficient (Wildman–Crippen LogP) is 2.95. The Morgan fingerprint density at radius 1 is 1.43 bits per heavy atom. The molecular weight excluding hydrogens is 330 g/mol. The quantitative estimate of drug-likeness (QED) is 0.865. The molecule has 0 aliphatic carbocycles. The Hall–Kier alpha value is -1.46. The zero-order chi connectivity index (χ0) is 14.8. The summed E-state index contributed by atoms with van der Waals surface area (Å²) in [6.07, 6.45) is 3.40. The molecule has 1 N–H and O–H groups in total. The van der Waals surface area contributed by atoms with E-state index in [1.165, 1.54) is 11.1 Å². The Labute approximate surface area is 132 Å². The van der Waals surface area contributed by atoms with E-state index in [1.807, 2.05) is 12.1 Å². The van der Waals surface area contributed by atoms with Crippen molar-refractivity contribution in [3.8, 4) is 0 Å². The minimum atomic E-state index is -0.177. The fourth-order valence-electron chi connectivity index (χ4n) is 2.79. The maximum Gasteiger partial charge on any atom is 0.199 e. The van der Waals surface area contributed by atoms with Crippen molar-refractivity contribution in [2.75, 3.05) is 0 Å². The lowest BCUT2D eigenvalue weighted by Gasteiger charge is -2.25. The summed E-state index contributed by atoms with van der Waals surface area (Å²) in [5.41, 5.74) is 3.21. The normalized spacial score (nSPS) is 17.5. The minimum absolute atomic E-state index is 0.113. The molecule has 110 valence electrons. The number of ketones is 1. The van der Waals surface area contributed by atoms with Gasteiger partial charge in [0.05, 0.1) is 16.7 Å². The summed E-state index contributed by atoms with van der Waals surface area (Å²) in [5, 5.41) is 7.64. The van der Waals surface area contributed by atoms with Gasteiger partial charge in [0.1, 0.15) is 5.69 Å². The Bertz CT molecular complexity index is 665. The van der Waals surface area contributed by atoms with E-state index in [2.05, 4.69) is 45.4 Å². The van der Waals surface area contributed by atoms with Crippen LogP contribution in [-0.2, 0) is 19.5 Å². The van der Waals surface area contributed by atoms with E-state index in [4.69, 9.17) is 0 Å². The molecule has 1 aromatic heterocycles. The molecule has 0 saturated heterocycles. The third-order valence-electron chi connectivity index (χ3n) is 3.86. The smallest absolute Gasteiger partial charge is 0.199 e. The van der Waals surface area contributed by atoms with Gasteiger partial charge in [-0.05, 0) is 39.9 Å². The fourth-order valence-corrected chi connectivity index (χ4v) is 3.29. The Balaban J connectivity index is 1.85. The van der Waals surface area contributed by atoms with Crippen molar-refractivity contribution in [2.24, 2.45) is 0 Å². The molecule has 0 saturated carbocycles. The number of Topliss-reactive ketones (excluding diaryl/α,β-unsaturated/α-hetero) is 1. The number of nitrogens with zero attached hydrogens (tertiary/aromatic N) is 2. The number of halogens is 1. The van der Waals surface area contributed by atoms with Gasteiger partial charge in [-0.3, -0.25) is 9.48 Å². The Morgan fingerprint density at radius 2 is 2.19 bits per heavy atom. The second kappa shape index (κ2) is 6.12. The molecule has 5 heteroatoms. The minimum Gasteiger partial charge on any atom is -0.303 e. The van der Waals surface area contributed by atoms with Gasteiger partial charge in [0.25, 0.3) is 0 Å². The molecule has 0 spiro atoms. The van der Waals surface area contributed by atoms with Crippen LogP contribution >= 0.6 is 15.9 Å². The first-order valence-electron chi connectivity index (χ1n) is 7.26. The second-order valence-electron chi connectivity index (χ2n) is 5.33. The number of hydrogen-bond donors (Lipinski definition) is 1. The molecule has 21 heavy (non-hydrogen) atoms. The van der Waals surface area contributed by atoms with E-state index >= 15 is 0 Å². The van der Waals surface area contributed by atoms with Crippen LogP contribution in [0.1, 0.15) is 35.0 Å². The summed E-state index contributed by atoms with van der Waals surface area (Å²) in [6, 6.07) is 8.11. The molecule has 1 aromatic carbocycles. The summed E-state index contributed by atoms with van der Waals surface area (Å²) in [4.78, 5) is 12.8. The first kappa shape index (κ1) is 14.5. The summed E-state index contributed by atoms with van der Waals surface area (Å²) < 4.78 is 2.58. The van der Waals surface area contributed by atoms with Crippen LogP contribution in [0, 0.1) is 0 Å². The number of carbonyl (C=O) groups excluding carboxylic acids is 1. The maximum absolute atomic E-state index is 12.8. The summed E-state index contributed by atoms with van der Waals surface area (Å²) in [5.74, 6) is 0.113. The standard InChI is InChI=1S/C16H18BrN3O/c1-2-7-20-15(13(17)10-19-20)16(21)14-8-11-5-3-4-6-12(11)9-18-14/h3-6,10,14,18H,2,7-9H2,1H3. The van der Waals surface area contributed by atoms with Gasteiger partial charge in [-0.25, -0.2) is 0 Å². The van der Waals surface area contributed by atoms with Crippen LogP contribution in [-0.4, -0.2) is 21.6 Å². The van der Waals surface area contributed by atoms with Gasteiger partial charge in [-0.1, -0.05) is 31.2 Å². The average Bonchev–Trinajstić information content (AvgIpc) is 2.87. The topological polar surface area (TPSA) is 46.9 Å². The lowest BCUT2D eigenvalue weighted by atomic mass is 9.93. The van der Waals surface area contributed by atoms with Crippen LogP contribution in [0.4, 0.5) is 0 Å². The van der Waals surface area contributed by atoms with E-state index < -0.39 is 0 Å². The first-order valence-corrected chi connectivity index (χ1v) is 8.05. The van der Waals surface area contributed by atoms with Crippen LogP contribution in [0.3, 0.4) is 0 Å². The van der Waals surface area contributed by atoms with Gasteiger partial charge in [0.2, 0.25) is 0 Å². The van der Waals surface area contributed by atoms with Crippen LogP contribution in [0.5, 0.6) is 0 Å². The van der Waals surface area contributed by atoms with Gasteiger partial charge in [-0.15, -0.1) is 0 Å². The van der Waals surface area contributed by atoms with Crippen LogP contribution in [0.15, 0.2) is 34.9 Å². The van der Waals surface area contributed by atoms with Crippen LogP contribution < -0.4 is 5.32 Å². The van der Waals surface area contributed by atoms with E-state index in [0.717, 1.165) is 30.4 Å². The summed E-state index contributed by atoms with van der Waals surface area (Å²) in [7, 11) is 0. The number of aromatic nitrogens is 2. The highest BCUT2D eigenvalue weighted by molar-refractivity contribution is 9.10. The van der Waals surface area contributed by atoms with E-state index in [1.54, 1.807) is 10.9 Å². The molecule has 1 aliphatic rings. The zero-order valence-electron chi connectivity index (χ0n) is 12.0. The molecule has 0 amide bonds. The molecule has 1 atom stereocenters. The Kier molecular flexibility index (Phi) is 4.22. The second-order valence-corrected chi connectivity index (χ2v) is 6.19. The molecule has 0 fully saturated rings. The molecule has 1 aliphatic heterocycles. The summed E-state index contributed by atoms with van der Waals surface area (Å²) >= 11 is 3.45. The first-order chi connectivity index (χ1) is 10.2. The van der Waals surface area contributed by atoms with Crippen molar-refractivity contribution >= 4 is 21.7 Å². The lowest BCUT2D eigenvalue weighted by molar-refractivity contribution is 0.0926. The third kappa shape index (κ3) is 2.80. The largest absolute Gasteiger partial charge is 0.303 e. The molecule has 3 rings (SSSR count). The molecular formula is C16H18BrN3O. The predicted molar refractivity (Wildman–Crippen MR) is 85.3 cm³/mol. The Morgan fingerprint density at radius 3 is 2.95 bits per heavy atom. The molecule has 0 radical (unpaired) electrons. The van der Waals surface area contributed by atoms with Gasteiger partial charge in [0.15, 0.2) is 5.78 Å². The number of carbonyl (C=O) groups is 1. The summed E-state index contributed by atoms with van der Waals surface area (Å²) in [6.45, 7) is 3.58. The number of aryl methyl sites for hydroxylation is 1. The zero-order valence-corrected chi connectivity index (χ0v) is 13.6. The highest BCUT2D eigenvalue weighted by atomic mass is 79.9. The molecule has 2 aromatic rings. The molecule has 1 unspecified atom stereocenters.